The summed E-state index contributed by atoms with van der Waals surface area (Å²) in [6, 6.07) is 17.3. The van der Waals surface area contributed by atoms with Crippen LogP contribution in [0, 0.1) is 13.8 Å². The molecular formula is C30H35N5O2. The molecular weight excluding hydrogens is 462 g/mol. The van der Waals surface area contributed by atoms with E-state index in [9.17, 15) is 9.59 Å². The predicted molar refractivity (Wildman–Crippen MR) is 150 cm³/mol. The van der Waals surface area contributed by atoms with Crippen LogP contribution in [0.5, 0.6) is 0 Å². The summed E-state index contributed by atoms with van der Waals surface area (Å²) in [5.74, 6) is -0.417. The number of nitrogens with zero attached hydrogens (tertiary/aromatic N) is 1. The van der Waals surface area contributed by atoms with Crippen molar-refractivity contribution in [3.8, 4) is 0 Å². The van der Waals surface area contributed by atoms with Crippen molar-refractivity contribution in [1.29, 1.82) is 0 Å². The highest BCUT2D eigenvalue weighted by Gasteiger charge is 2.27. The third-order valence-corrected chi connectivity index (χ3v) is 7.44. The van der Waals surface area contributed by atoms with Gasteiger partial charge in [-0.05, 0) is 93.4 Å². The fourth-order valence-corrected chi connectivity index (χ4v) is 5.08. The minimum Gasteiger partial charge on any atom is -0.384 e. The number of aryl methyl sites for hydroxylation is 1. The van der Waals surface area contributed by atoms with Crippen molar-refractivity contribution in [3.05, 3.63) is 82.4 Å². The van der Waals surface area contributed by atoms with E-state index in [0.29, 0.717) is 23.4 Å². The number of hydrogen-bond donors (Lipinski definition) is 4. The molecule has 37 heavy (non-hydrogen) atoms. The highest BCUT2D eigenvalue weighted by molar-refractivity contribution is 6.11. The van der Waals surface area contributed by atoms with Crippen LogP contribution in [0.15, 0.2) is 54.6 Å². The summed E-state index contributed by atoms with van der Waals surface area (Å²) in [6.45, 7) is 8.86. The molecule has 192 valence electrons. The molecule has 0 bridgehead atoms. The Morgan fingerprint density at radius 1 is 0.919 bits per heavy atom. The van der Waals surface area contributed by atoms with Crippen molar-refractivity contribution >= 4 is 34.6 Å². The molecule has 7 nitrogen and oxygen atoms in total. The number of carbonyl (C=O) groups excluding carboxylic acids is 2. The summed E-state index contributed by atoms with van der Waals surface area (Å²) < 4.78 is 0. The lowest BCUT2D eigenvalue weighted by Crippen LogP contribution is -2.33. The second-order valence-electron chi connectivity index (χ2n) is 9.93. The van der Waals surface area contributed by atoms with E-state index in [4.69, 9.17) is 0 Å². The number of hydrogen-bond acceptors (Lipinski definition) is 5. The van der Waals surface area contributed by atoms with Gasteiger partial charge in [0.15, 0.2) is 0 Å². The molecule has 0 aliphatic carbocycles. The molecule has 0 spiro atoms. The molecule has 3 aromatic rings. The van der Waals surface area contributed by atoms with Gasteiger partial charge in [0.25, 0.3) is 11.8 Å². The predicted octanol–water partition coefficient (Wildman–Crippen LogP) is 5.44. The van der Waals surface area contributed by atoms with Crippen molar-refractivity contribution in [2.45, 2.75) is 39.7 Å². The van der Waals surface area contributed by atoms with E-state index in [2.05, 4.69) is 46.1 Å². The van der Waals surface area contributed by atoms with E-state index in [1.54, 1.807) is 6.07 Å². The number of benzene rings is 3. The van der Waals surface area contributed by atoms with Crippen LogP contribution in [0.2, 0.25) is 0 Å². The zero-order chi connectivity index (χ0) is 25.8. The second-order valence-corrected chi connectivity index (χ2v) is 9.93. The zero-order valence-corrected chi connectivity index (χ0v) is 21.6. The molecule has 7 heteroatoms. The number of likely N-dealkylation sites (tertiary alicyclic amines) is 1. The van der Waals surface area contributed by atoms with Gasteiger partial charge >= 0.3 is 0 Å². The zero-order valence-electron chi connectivity index (χ0n) is 21.6. The summed E-state index contributed by atoms with van der Waals surface area (Å²) >= 11 is 0. The summed E-state index contributed by atoms with van der Waals surface area (Å²) in [5.41, 5.74) is 7.66. The number of rotatable bonds is 8. The molecule has 2 heterocycles. The first-order valence-electron chi connectivity index (χ1n) is 13.1. The van der Waals surface area contributed by atoms with E-state index in [1.807, 2.05) is 42.5 Å². The van der Waals surface area contributed by atoms with Gasteiger partial charge in [0.1, 0.15) is 0 Å². The van der Waals surface area contributed by atoms with Crippen LogP contribution >= 0.6 is 0 Å². The topological polar surface area (TPSA) is 85.5 Å². The second kappa shape index (κ2) is 11.0. The maximum Gasteiger partial charge on any atom is 0.255 e. The van der Waals surface area contributed by atoms with Gasteiger partial charge in [-0.25, -0.2) is 0 Å². The van der Waals surface area contributed by atoms with Gasteiger partial charge in [-0.2, -0.15) is 0 Å². The van der Waals surface area contributed by atoms with Gasteiger partial charge in [-0.1, -0.05) is 18.6 Å². The highest BCUT2D eigenvalue weighted by Crippen LogP contribution is 2.34. The number of piperidine rings is 1. The smallest absolute Gasteiger partial charge is 0.255 e. The van der Waals surface area contributed by atoms with Gasteiger partial charge in [0, 0.05) is 47.8 Å². The van der Waals surface area contributed by atoms with Crippen LogP contribution in [0.25, 0.3) is 0 Å². The van der Waals surface area contributed by atoms with Crippen LogP contribution in [0.3, 0.4) is 0 Å². The Bertz CT molecular complexity index is 1300. The number of fused-ring (bicyclic) bond motifs is 1. The largest absolute Gasteiger partial charge is 0.384 e. The molecule has 0 aromatic heterocycles. The summed E-state index contributed by atoms with van der Waals surface area (Å²) in [5, 5.41) is 12.8. The molecule has 0 atom stereocenters. The minimum atomic E-state index is -0.239. The van der Waals surface area contributed by atoms with E-state index in [-0.39, 0.29) is 11.8 Å². The Morgan fingerprint density at radius 2 is 1.68 bits per heavy atom. The maximum atomic E-state index is 13.0. The van der Waals surface area contributed by atoms with Gasteiger partial charge in [0.05, 0.1) is 11.3 Å². The summed E-state index contributed by atoms with van der Waals surface area (Å²) in [4.78, 5) is 28.2. The van der Waals surface area contributed by atoms with Crippen molar-refractivity contribution in [1.82, 2.24) is 10.2 Å². The SMILES string of the molecule is Cc1cccc(Nc2ccc(NC(=O)c3ccc(NCCN4CCCCC4)cc3)c3c2CNC3=O)c1C. The lowest BCUT2D eigenvalue weighted by Gasteiger charge is -2.26. The van der Waals surface area contributed by atoms with Crippen LogP contribution in [-0.2, 0) is 6.54 Å². The van der Waals surface area contributed by atoms with Gasteiger partial charge in [-0.3, -0.25) is 9.59 Å². The third kappa shape index (κ3) is 5.62. The molecule has 2 aliphatic heterocycles. The first-order valence-corrected chi connectivity index (χ1v) is 13.1. The van der Waals surface area contributed by atoms with Crippen LogP contribution < -0.4 is 21.3 Å². The van der Waals surface area contributed by atoms with Crippen molar-refractivity contribution < 1.29 is 9.59 Å². The van der Waals surface area contributed by atoms with E-state index < -0.39 is 0 Å². The summed E-state index contributed by atoms with van der Waals surface area (Å²) in [7, 11) is 0. The first kappa shape index (κ1) is 24.8. The first-order chi connectivity index (χ1) is 18.0. The van der Waals surface area contributed by atoms with Gasteiger partial charge in [-0.15, -0.1) is 0 Å². The fourth-order valence-electron chi connectivity index (χ4n) is 5.08. The van der Waals surface area contributed by atoms with E-state index in [0.717, 1.165) is 41.3 Å². The standard InChI is InChI=1S/C30H35N5O2/c1-20-7-6-8-25(21(20)2)33-26-13-14-27(28-24(26)19-32-30(28)37)34-29(36)22-9-11-23(12-10-22)31-15-18-35-16-4-3-5-17-35/h6-14,31,33H,3-5,15-19H2,1-2H3,(H,32,37)(H,34,36). The fraction of sp³-hybridized carbons (Fsp3) is 0.333. The molecule has 1 saturated heterocycles. The Balaban J connectivity index is 1.25. The molecule has 0 unspecified atom stereocenters. The average molecular weight is 498 g/mol. The summed E-state index contributed by atoms with van der Waals surface area (Å²) in [6.07, 6.45) is 3.93. The Hall–Kier alpha value is -3.84. The quantitative estimate of drug-likeness (QED) is 0.333. The monoisotopic (exact) mass is 497 g/mol. The molecule has 1 fully saturated rings. The normalized spacial score (nSPS) is 15.1. The lowest BCUT2D eigenvalue weighted by molar-refractivity contribution is 0.0966. The van der Waals surface area contributed by atoms with E-state index >= 15 is 0 Å². The van der Waals surface area contributed by atoms with Gasteiger partial charge < -0.3 is 26.2 Å². The van der Waals surface area contributed by atoms with E-state index in [1.165, 1.54) is 37.9 Å². The lowest BCUT2D eigenvalue weighted by atomic mass is 10.0. The van der Waals surface area contributed by atoms with Crippen LogP contribution in [-0.4, -0.2) is 42.9 Å². The molecule has 0 saturated carbocycles. The number of amides is 2. The number of nitrogens with one attached hydrogen (secondary N) is 4. The number of anilines is 4. The van der Waals surface area contributed by atoms with Crippen molar-refractivity contribution in [2.75, 3.05) is 42.1 Å². The third-order valence-electron chi connectivity index (χ3n) is 7.44. The molecule has 4 N–H and O–H groups in total. The maximum absolute atomic E-state index is 13.0. The Morgan fingerprint density at radius 3 is 2.46 bits per heavy atom. The Kier molecular flexibility index (Phi) is 7.42. The van der Waals surface area contributed by atoms with Crippen molar-refractivity contribution in [3.63, 3.8) is 0 Å². The van der Waals surface area contributed by atoms with Gasteiger partial charge in [0.2, 0.25) is 0 Å². The average Bonchev–Trinajstić information content (AvgIpc) is 3.31. The molecule has 0 radical (unpaired) electrons. The van der Waals surface area contributed by atoms with Crippen LogP contribution in [0.1, 0.15) is 56.7 Å². The number of carbonyl (C=O) groups is 2. The molecule has 2 amide bonds. The van der Waals surface area contributed by atoms with Crippen molar-refractivity contribution in [2.24, 2.45) is 0 Å². The van der Waals surface area contributed by atoms with Crippen LogP contribution in [0.4, 0.5) is 22.7 Å². The Labute approximate surface area is 218 Å². The minimum absolute atomic E-state index is 0.178. The highest BCUT2D eigenvalue weighted by atomic mass is 16.2. The molecule has 2 aliphatic rings. The molecule has 3 aromatic carbocycles. The molecule has 5 rings (SSSR count).